The lowest BCUT2D eigenvalue weighted by Crippen LogP contribution is -2.53. The topological polar surface area (TPSA) is 86.8 Å². The van der Waals surface area contributed by atoms with Crippen LogP contribution >= 0.6 is 0 Å². The van der Waals surface area contributed by atoms with Crippen molar-refractivity contribution in [2.45, 2.75) is 57.4 Å². The van der Waals surface area contributed by atoms with E-state index in [0.717, 1.165) is 29.1 Å². The third-order valence-electron chi connectivity index (χ3n) is 6.18. The van der Waals surface area contributed by atoms with E-state index in [1.165, 1.54) is 0 Å². The second-order valence-electron chi connectivity index (χ2n) is 8.70. The molecule has 2 aliphatic heterocycles. The molecule has 8 heteroatoms. The van der Waals surface area contributed by atoms with E-state index in [4.69, 9.17) is 0 Å². The minimum Gasteiger partial charge on any atom is -0.343 e. The largest absolute Gasteiger partial charge is 0.343 e. The predicted molar refractivity (Wildman–Crippen MR) is 124 cm³/mol. The third kappa shape index (κ3) is 3.99. The summed E-state index contributed by atoms with van der Waals surface area (Å²) in [5.41, 5.74) is 3.00. The van der Waals surface area contributed by atoms with Crippen LogP contribution in [0.2, 0.25) is 0 Å². The van der Waals surface area contributed by atoms with Crippen LogP contribution in [0.25, 0.3) is 0 Å². The van der Waals surface area contributed by atoms with Crippen molar-refractivity contribution in [1.29, 1.82) is 0 Å². The zero-order chi connectivity index (χ0) is 23.0. The fourth-order valence-corrected chi connectivity index (χ4v) is 6.90. The van der Waals surface area contributed by atoms with Gasteiger partial charge in [0.05, 0.1) is 22.7 Å². The molecular formula is C24H29N3O4S. The zero-order valence-electron chi connectivity index (χ0n) is 18.7. The molecule has 0 spiro atoms. The van der Waals surface area contributed by atoms with Gasteiger partial charge in [-0.25, -0.2) is 8.42 Å². The van der Waals surface area contributed by atoms with Crippen LogP contribution < -0.4 is 9.62 Å². The van der Waals surface area contributed by atoms with E-state index in [1.54, 1.807) is 43.0 Å². The molecule has 0 radical (unpaired) electrons. The maximum Gasteiger partial charge on any atom is 0.265 e. The Morgan fingerprint density at radius 3 is 2.31 bits per heavy atom. The minimum absolute atomic E-state index is 0.183. The van der Waals surface area contributed by atoms with Gasteiger partial charge in [0.2, 0.25) is 11.8 Å². The van der Waals surface area contributed by atoms with Crippen molar-refractivity contribution >= 4 is 33.2 Å². The van der Waals surface area contributed by atoms with Crippen LogP contribution in [0.3, 0.4) is 0 Å². The van der Waals surface area contributed by atoms with E-state index >= 15 is 0 Å². The summed E-state index contributed by atoms with van der Waals surface area (Å²) in [6.07, 6.45) is 2.74. The van der Waals surface area contributed by atoms with Crippen molar-refractivity contribution in [2.75, 3.05) is 22.7 Å². The number of fused-ring (bicyclic) bond motifs is 1. The molecule has 0 bridgehead atoms. The molecule has 0 saturated carbocycles. The van der Waals surface area contributed by atoms with Crippen molar-refractivity contribution in [3.05, 3.63) is 53.1 Å². The quantitative estimate of drug-likeness (QED) is 0.764. The monoisotopic (exact) mass is 455 g/mol. The van der Waals surface area contributed by atoms with Gasteiger partial charge in [-0.05, 0) is 63.3 Å². The Kier molecular flexibility index (Phi) is 5.99. The predicted octanol–water partition coefficient (Wildman–Crippen LogP) is 3.53. The van der Waals surface area contributed by atoms with Crippen molar-refractivity contribution in [2.24, 2.45) is 0 Å². The first kappa shape index (κ1) is 22.3. The summed E-state index contributed by atoms with van der Waals surface area (Å²) in [4.78, 5) is 28.1. The van der Waals surface area contributed by atoms with Crippen LogP contribution in [0.15, 0.2) is 41.3 Å². The van der Waals surface area contributed by atoms with Crippen LogP contribution in [-0.4, -0.2) is 44.3 Å². The van der Waals surface area contributed by atoms with Gasteiger partial charge in [-0.2, -0.15) is 0 Å². The summed E-state index contributed by atoms with van der Waals surface area (Å²) in [6.45, 7) is 6.73. The molecule has 2 aromatic rings. The summed E-state index contributed by atoms with van der Waals surface area (Å²) in [7, 11) is -4.11. The molecule has 0 aliphatic carbocycles. The maximum absolute atomic E-state index is 14.0. The SMILES string of the molecule is Cc1cc(C)c(S(=O)(=O)N2c3ccccc3NC(=O)C2CC(=O)N2CCCCC2)c(C)c1. The average molecular weight is 456 g/mol. The molecule has 1 N–H and O–H groups in total. The van der Waals surface area contributed by atoms with E-state index in [1.807, 2.05) is 19.1 Å². The lowest BCUT2D eigenvalue weighted by Gasteiger charge is -2.38. The Labute approximate surface area is 189 Å². The summed E-state index contributed by atoms with van der Waals surface area (Å²) >= 11 is 0. The molecule has 7 nitrogen and oxygen atoms in total. The number of likely N-dealkylation sites (tertiary alicyclic amines) is 1. The number of carbonyl (C=O) groups excluding carboxylic acids is 2. The highest BCUT2D eigenvalue weighted by Crippen LogP contribution is 2.39. The molecule has 1 atom stereocenters. The number of piperidine rings is 1. The Hall–Kier alpha value is -2.87. The number of para-hydroxylation sites is 2. The van der Waals surface area contributed by atoms with Crippen molar-refractivity contribution in [3.8, 4) is 0 Å². The standard InChI is InChI=1S/C24H29N3O4S/c1-16-13-17(2)23(18(3)14-16)32(30,31)27-20-10-6-5-9-19(20)25-24(29)21(27)15-22(28)26-11-7-4-8-12-26/h5-6,9-10,13-14,21H,4,7-8,11-12,15H2,1-3H3,(H,25,29). The van der Waals surface area contributed by atoms with Gasteiger partial charge < -0.3 is 10.2 Å². The first-order chi connectivity index (χ1) is 15.2. The lowest BCUT2D eigenvalue weighted by atomic mass is 10.1. The van der Waals surface area contributed by atoms with Gasteiger partial charge in [0.1, 0.15) is 6.04 Å². The second kappa shape index (κ2) is 8.58. The number of anilines is 2. The zero-order valence-corrected chi connectivity index (χ0v) is 19.5. The summed E-state index contributed by atoms with van der Waals surface area (Å²) in [5.74, 6) is -0.679. The fraction of sp³-hybridized carbons (Fsp3) is 0.417. The molecule has 0 aromatic heterocycles. The molecule has 32 heavy (non-hydrogen) atoms. The highest BCUT2D eigenvalue weighted by molar-refractivity contribution is 7.93. The number of hydrogen-bond acceptors (Lipinski definition) is 4. The van der Waals surface area contributed by atoms with Gasteiger partial charge in [-0.15, -0.1) is 0 Å². The molecular weight excluding hydrogens is 426 g/mol. The number of benzene rings is 2. The van der Waals surface area contributed by atoms with Crippen LogP contribution in [-0.2, 0) is 19.6 Å². The number of rotatable bonds is 4. The number of nitrogens with one attached hydrogen (secondary N) is 1. The maximum atomic E-state index is 14.0. The van der Waals surface area contributed by atoms with Gasteiger partial charge in [-0.3, -0.25) is 13.9 Å². The Bertz CT molecular complexity index is 1150. The van der Waals surface area contributed by atoms with Crippen LogP contribution in [0.4, 0.5) is 11.4 Å². The van der Waals surface area contributed by atoms with Crippen LogP contribution in [0.1, 0.15) is 42.4 Å². The van der Waals surface area contributed by atoms with Gasteiger partial charge >= 0.3 is 0 Å². The normalized spacial score (nSPS) is 18.8. The lowest BCUT2D eigenvalue weighted by molar-refractivity contribution is -0.134. The van der Waals surface area contributed by atoms with Crippen molar-refractivity contribution in [3.63, 3.8) is 0 Å². The Morgan fingerprint density at radius 1 is 1.03 bits per heavy atom. The Balaban J connectivity index is 1.81. The molecule has 1 saturated heterocycles. The molecule has 2 amide bonds. The molecule has 170 valence electrons. The van der Waals surface area contributed by atoms with E-state index in [0.29, 0.717) is 35.6 Å². The van der Waals surface area contributed by atoms with Gasteiger partial charge in [-0.1, -0.05) is 29.8 Å². The highest BCUT2D eigenvalue weighted by atomic mass is 32.2. The van der Waals surface area contributed by atoms with Crippen LogP contribution in [0, 0.1) is 20.8 Å². The third-order valence-corrected chi connectivity index (χ3v) is 8.31. The molecule has 1 fully saturated rings. The molecule has 4 rings (SSSR count). The Morgan fingerprint density at radius 2 is 1.66 bits per heavy atom. The molecule has 2 heterocycles. The number of amides is 2. The number of aryl methyl sites for hydroxylation is 3. The number of hydrogen-bond donors (Lipinski definition) is 1. The highest BCUT2D eigenvalue weighted by Gasteiger charge is 2.43. The summed E-state index contributed by atoms with van der Waals surface area (Å²) in [6, 6.07) is 9.32. The number of sulfonamides is 1. The summed E-state index contributed by atoms with van der Waals surface area (Å²) in [5, 5.41) is 2.79. The molecule has 1 unspecified atom stereocenters. The first-order valence-corrected chi connectivity index (χ1v) is 12.4. The van der Waals surface area contributed by atoms with E-state index in [2.05, 4.69) is 5.32 Å². The minimum atomic E-state index is -4.11. The van der Waals surface area contributed by atoms with E-state index < -0.39 is 22.0 Å². The van der Waals surface area contributed by atoms with Gasteiger partial charge in [0.25, 0.3) is 10.0 Å². The van der Waals surface area contributed by atoms with E-state index in [9.17, 15) is 18.0 Å². The smallest absolute Gasteiger partial charge is 0.265 e. The van der Waals surface area contributed by atoms with Crippen molar-refractivity contribution < 1.29 is 18.0 Å². The number of nitrogens with zero attached hydrogens (tertiary/aromatic N) is 2. The van der Waals surface area contributed by atoms with E-state index in [-0.39, 0.29) is 17.2 Å². The van der Waals surface area contributed by atoms with Crippen LogP contribution in [0.5, 0.6) is 0 Å². The number of carbonyl (C=O) groups is 2. The van der Waals surface area contributed by atoms with Crippen molar-refractivity contribution in [1.82, 2.24) is 4.90 Å². The van der Waals surface area contributed by atoms with Gasteiger partial charge in [0.15, 0.2) is 0 Å². The second-order valence-corrected chi connectivity index (χ2v) is 10.4. The first-order valence-electron chi connectivity index (χ1n) is 11.0. The fourth-order valence-electron chi connectivity index (χ4n) is 4.84. The average Bonchev–Trinajstić information content (AvgIpc) is 2.73. The van der Waals surface area contributed by atoms with Gasteiger partial charge in [0, 0.05) is 13.1 Å². The molecule has 2 aliphatic rings. The summed E-state index contributed by atoms with van der Waals surface area (Å²) < 4.78 is 29.2. The molecule has 2 aromatic carbocycles.